The number of aliphatic carboxylic acids is 1. The molecule has 0 radical (unpaired) electrons. The van der Waals surface area contributed by atoms with Gasteiger partial charge in [0.2, 0.25) is 5.43 Å². The van der Waals surface area contributed by atoms with Crippen LogP contribution in [0.25, 0.3) is 0 Å². The highest BCUT2D eigenvalue weighted by Crippen LogP contribution is 2.11. The lowest BCUT2D eigenvalue weighted by Gasteiger charge is -2.20. The normalized spacial score (nSPS) is 11.1. The van der Waals surface area contributed by atoms with E-state index in [1.54, 1.807) is 0 Å². The van der Waals surface area contributed by atoms with Crippen molar-refractivity contribution in [2.24, 2.45) is 0 Å². The van der Waals surface area contributed by atoms with E-state index in [1.807, 2.05) is 11.6 Å². The number of hydrogen-bond donors (Lipinski definition) is 2. The van der Waals surface area contributed by atoms with Gasteiger partial charge < -0.3 is 19.7 Å². The van der Waals surface area contributed by atoms with Gasteiger partial charge in [-0.3, -0.25) is 9.59 Å². The standard InChI is InChI=1S/C17H28N2O4/c1-3-4-9-18(2)12-14-11-15(20)16(21)13-19(14)10-7-5-6-8-17(22)23/h11,13,21H,3-10,12H2,1-2H3,(H,22,23). The van der Waals surface area contributed by atoms with E-state index in [2.05, 4.69) is 11.8 Å². The molecule has 0 aliphatic rings. The van der Waals surface area contributed by atoms with Crippen LogP contribution in [0.2, 0.25) is 0 Å². The first-order chi connectivity index (χ1) is 10.9. The summed E-state index contributed by atoms with van der Waals surface area (Å²) < 4.78 is 1.90. The Morgan fingerprint density at radius 2 is 2.00 bits per heavy atom. The number of hydrogen-bond acceptors (Lipinski definition) is 4. The van der Waals surface area contributed by atoms with Gasteiger partial charge in [0.25, 0.3) is 0 Å². The lowest BCUT2D eigenvalue weighted by Crippen LogP contribution is -2.23. The zero-order valence-corrected chi connectivity index (χ0v) is 14.1. The number of aromatic hydroxyl groups is 1. The molecule has 1 aromatic heterocycles. The molecule has 0 aliphatic carbocycles. The molecule has 1 rings (SSSR count). The minimum Gasteiger partial charge on any atom is -0.503 e. The predicted molar refractivity (Wildman–Crippen MR) is 89.7 cm³/mol. The minimum atomic E-state index is -0.774. The van der Waals surface area contributed by atoms with Crippen LogP contribution < -0.4 is 5.43 Å². The second-order valence-electron chi connectivity index (χ2n) is 6.00. The second-order valence-corrected chi connectivity index (χ2v) is 6.00. The summed E-state index contributed by atoms with van der Waals surface area (Å²) in [5.41, 5.74) is 0.524. The average molecular weight is 324 g/mol. The van der Waals surface area contributed by atoms with E-state index in [4.69, 9.17) is 5.11 Å². The Morgan fingerprint density at radius 3 is 2.65 bits per heavy atom. The van der Waals surface area contributed by atoms with Crippen LogP contribution in [-0.4, -0.2) is 39.2 Å². The molecule has 1 aromatic rings. The summed E-state index contributed by atoms with van der Waals surface area (Å²) in [5.74, 6) is -1.01. The van der Waals surface area contributed by atoms with Crippen molar-refractivity contribution in [1.82, 2.24) is 9.47 Å². The molecule has 0 aliphatic heterocycles. The highest BCUT2D eigenvalue weighted by Gasteiger charge is 2.08. The summed E-state index contributed by atoms with van der Waals surface area (Å²) in [4.78, 5) is 24.4. The van der Waals surface area contributed by atoms with E-state index in [0.29, 0.717) is 19.5 Å². The third-order valence-electron chi connectivity index (χ3n) is 3.81. The van der Waals surface area contributed by atoms with Crippen molar-refractivity contribution in [1.29, 1.82) is 0 Å². The van der Waals surface area contributed by atoms with Crippen LogP contribution in [0.3, 0.4) is 0 Å². The van der Waals surface area contributed by atoms with Crippen LogP contribution in [0.5, 0.6) is 5.75 Å². The summed E-state index contributed by atoms with van der Waals surface area (Å²) in [7, 11) is 2.02. The Bertz CT molecular complexity index is 554. The topological polar surface area (TPSA) is 82.8 Å². The van der Waals surface area contributed by atoms with Gasteiger partial charge in [0.15, 0.2) is 5.75 Å². The van der Waals surface area contributed by atoms with Gasteiger partial charge in [0.1, 0.15) is 0 Å². The molecule has 23 heavy (non-hydrogen) atoms. The molecular formula is C17H28N2O4. The van der Waals surface area contributed by atoms with Crippen LogP contribution in [0.1, 0.15) is 51.1 Å². The monoisotopic (exact) mass is 324 g/mol. The zero-order chi connectivity index (χ0) is 17.2. The molecule has 0 fully saturated rings. The summed E-state index contributed by atoms with van der Waals surface area (Å²) in [6.07, 6.45) is 6.17. The van der Waals surface area contributed by atoms with Crippen molar-refractivity contribution in [2.45, 2.75) is 58.5 Å². The molecular weight excluding hydrogens is 296 g/mol. The fourth-order valence-corrected chi connectivity index (χ4v) is 2.47. The Morgan fingerprint density at radius 1 is 1.26 bits per heavy atom. The zero-order valence-electron chi connectivity index (χ0n) is 14.1. The van der Waals surface area contributed by atoms with Gasteiger partial charge in [-0.25, -0.2) is 0 Å². The van der Waals surface area contributed by atoms with Gasteiger partial charge in [0, 0.05) is 31.3 Å². The quantitative estimate of drug-likeness (QED) is 0.611. The van der Waals surface area contributed by atoms with Crippen molar-refractivity contribution >= 4 is 5.97 Å². The molecule has 0 atom stereocenters. The molecule has 0 spiro atoms. The molecule has 2 N–H and O–H groups in total. The Balaban J connectivity index is 2.66. The van der Waals surface area contributed by atoms with Crippen molar-refractivity contribution in [3.8, 4) is 5.75 Å². The molecule has 0 saturated heterocycles. The first-order valence-corrected chi connectivity index (χ1v) is 8.26. The number of pyridine rings is 1. The fourth-order valence-electron chi connectivity index (χ4n) is 2.47. The predicted octanol–water partition coefficient (Wildman–Crippen LogP) is 2.43. The van der Waals surface area contributed by atoms with Crippen molar-refractivity contribution in [3.05, 3.63) is 28.2 Å². The van der Waals surface area contributed by atoms with E-state index in [9.17, 15) is 14.7 Å². The summed E-state index contributed by atoms with van der Waals surface area (Å²) in [6.45, 7) is 4.43. The fraction of sp³-hybridized carbons (Fsp3) is 0.647. The van der Waals surface area contributed by atoms with Gasteiger partial charge >= 0.3 is 5.97 Å². The summed E-state index contributed by atoms with van der Waals surface area (Å²) in [6, 6.07) is 1.50. The van der Waals surface area contributed by atoms with E-state index < -0.39 is 5.97 Å². The summed E-state index contributed by atoms with van der Waals surface area (Å²) in [5, 5.41) is 18.3. The lowest BCUT2D eigenvalue weighted by molar-refractivity contribution is -0.137. The first-order valence-electron chi connectivity index (χ1n) is 8.26. The number of aryl methyl sites for hydroxylation is 1. The van der Waals surface area contributed by atoms with Gasteiger partial charge in [-0.1, -0.05) is 19.8 Å². The van der Waals surface area contributed by atoms with Gasteiger partial charge in [-0.15, -0.1) is 0 Å². The number of rotatable bonds is 11. The van der Waals surface area contributed by atoms with Crippen LogP contribution in [0.4, 0.5) is 0 Å². The van der Waals surface area contributed by atoms with Gasteiger partial charge in [-0.2, -0.15) is 0 Å². The van der Waals surface area contributed by atoms with Crippen LogP contribution in [0, 0.1) is 0 Å². The number of carboxylic acid groups (broad SMARTS) is 1. The number of carbonyl (C=O) groups is 1. The van der Waals surface area contributed by atoms with E-state index in [1.165, 1.54) is 12.3 Å². The molecule has 0 amide bonds. The lowest BCUT2D eigenvalue weighted by atomic mass is 10.2. The molecule has 6 nitrogen and oxygen atoms in total. The molecule has 0 aromatic carbocycles. The first kappa shape index (κ1) is 19.2. The molecule has 130 valence electrons. The highest BCUT2D eigenvalue weighted by molar-refractivity contribution is 5.66. The highest BCUT2D eigenvalue weighted by atomic mass is 16.4. The maximum Gasteiger partial charge on any atom is 0.303 e. The SMILES string of the molecule is CCCCN(C)Cc1cc(=O)c(O)cn1CCCCCC(=O)O. The maximum absolute atomic E-state index is 11.7. The second kappa shape index (κ2) is 10.0. The number of nitrogens with zero attached hydrogens (tertiary/aromatic N) is 2. The van der Waals surface area contributed by atoms with E-state index >= 15 is 0 Å². The Hall–Kier alpha value is -1.82. The Kier molecular flexibility index (Phi) is 8.40. The van der Waals surface area contributed by atoms with Crippen molar-refractivity contribution < 1.29 is 15.0 Å². The number of unbranched alkanes of at least 4 members (excludes halogenated alkanes) is 3. The van der Waals surface area contributed by atoms with E-state index in [0.717, 1.165) is 37.9 Å². The maximum atomic E-state index is 11.7. The number of aromatic nitrogens is 1. The number of carboxylic acids is 1. The minimum absolute atomic E-state index is 0.183. The third-order valence-corrected chi connectivity index (χ3v) is 3.81. The van der Waals surface area contributed by atoms with Gasteiger partial charge in [0.05, 0.1) is 6.20 Å². The average Bonchev–Trinajstić information content (AvgIpc) is 2.49. The van der Waals surface area contributed by atoms with Crippen LogP contribution in [0.15, 0.2) is 17.1 Å². The molecule has 0 bridgehead atoms. The molecule has 1 heterocycles. The van der Waals surface area contributed by atoms with Crippen molar-refractivity contribution in [3.63, 3.8) is 0 Å². The smallest absolute Gasteiger partial charge is 0.303 e. The third kappa shape index (κ3) is 7.32. The van der Waals surface area contributed by atoms with Crippen LogP contribution >= 0.6 is 0 Å². The Labute approximate surface area is 137 Å². The van der Waals surface area contributed by atoms with E-state index in [-0.39, 0.29) is 17.6 Å². The van der Waals surface area contributed by atoms with Gasteiger partial charge in [-0.05, 0) is 32.9 Å². The van der Waals surface area contributed by atoms with Crippen molar-refractivity contribution in [2.75, 3.05) is 13.6 Å². The summed E-state index contributed by atoms with van der Waals surface area (Å²) >= 11 is 0. The van der Waals surface area contributed by atoms with Crippen LogP contribution in [-0.2, 0) is 17.9 Å². The molecule has 0 saturated carbocycles. The molecule has 0 unspecified atom stereocenters. The largest absolute Gasteiger partial charge is 0.503 e. The molecule has 6 heteroatoms.